The maximum absolute atomic E-state index is 12.0. The molecule has 0 N–H and O–H groups in total. The summed E-state index contributed by atoms with van der Waals surface area (Å²) in [6, 6.07) is 6.24. The van der Waals surface area contributed by atoms with Crippen molar-refractivity contribution in [3.05, 3.63) is 48.0 Å². The number of hydrogen-bond donors (Lipinski definition) is 0. The Morgan fingerprint density at radius 2 is 2.26 bits per heavy atom. The van der Waals surface area contributed by atoms with Gasteiger partial charge in [0.15, 0.2) is 0 Å². The molecule has 1 aromatic carbocycles. The number of rotatable bonds is 4. The first-order valence-electron chi connectivity index (χ1n) is 6.84. The zero-order valence-corrected chi connectivity index (χ0v) is 11.2. The zero-order valence-electron chi connectivity index (χ0n) is 11.2. The second kappa shape index (κ2) is 5.00. The summed E-state index contributed by atoms with van der Waals surface area (Å²) in [4.78, 5) is 16.1. The van der Waals surface area contributed by atoms with E-state index in [9.17, 15) is 4.79 Å². The summed E-state index contributed by atoms with van der Waals surface area (Å²) < 4.78 is 1.98. The normalized spacial score (nSPS) is 15.2. The lowest BCUT2D eigenvalue weighted by Crippen LogP contribution is -2.23. The van der Waals surface area contributed by atoms with E-state index < -0.39 is 0 Å². The van der Waals surface area contributed by atoms with Gasteiger partial charge in [-0.15, -0.1) is 0 Å². The molecule has 0 saturated heterocycles. The molecule has 98 valence electrons. The number of aryl methyl sites for hydroxylation is 1. The summed E-state index contributed by atoms with van der Waals surface area (Å²) in [5, 5.41) is 0. The van der Waals surface area contributed by atoms with Crippen LogP contribution in [0.15, 0.2) is 36.9 Å². The molecule has 2 aromatic rings. The maximum atomic E-state index is 12.0. The van der Waals surface area contributed by atoms with Crippen LogP contribution >= 0.6 is 0 Å². The van der Waals surface area contributed by atoms with Crippen molar-refractivity contribution >= 4 is 5.78 Å². The fraction of sp³-hybridized carbons (Fsp3) is 0.375. The van der Waals surface area contributed by atoms with Gasteiger partial charge in [-0.25, -0.2) is 4.98 Å². The third-order valence-electron chi connectivity index (χ3n) is 4.05. The molecule has 1 saturated carbocycles. The van der Waals surface area contributed by atoms with Crippen molar-refractivity contribution in [1.29, 1.82) is 0 Å². The zero-order chi connectivity index (χ0) is 13.2. The highest BCUT2D eigenvalue weighted by Crippen LogP contribution is 2.28. The average Bonchev–Trinajstić information content (AvgIpc) is 2.83. The van der Waals surface area contributed by atoms with Crippen LogP contribution < -0.4 is 0 Å². The van der Waals surface area contributed by atoms with Crippen molar-refractivity contribution < 1.29 is 4.79 Å². The van der Waals surface area contributed by atoms with Gasteiger partial charge in [-0.05, 0) is 43.0 Å². The van der Waals surface area contributed by atoms with E-state index in [1.807, 2.05) is 10.8 Å². The Bertz CT molecular complexity index is 583. The van der Waals surface area contributed by atoms with Gasteiger partial charge in [0.05, 0.1) is 6.33 Å². The topological polar surface area (TPSA) is 34.9 Å². The SMILES string of the molecule is Cc1cc(-n2ccnc2)ccc1CC(=O)C1CCC1. The monoisotopic (exact) mass is 254 g/mol. The van der Waals surface area contributed by atoms with Gasteiger partial charge in [-0.3, -0.25) is 4.79 Å². The van der Waals surface area contributed by atoms with Crippen LogP contribution in [0.1, 0.15) is 30.4 Å². The highest BCUT2D eigenvalue weighted by atomic mass is 16.1. The second-order valence-electron chi connectivity index (χ2n) is 5.35. The molecule has 0 bridgehead atoms. The Balaban J connectivity index is 1.78. The number of ketones is 1. The van der Waals surface area contributed by atoms with Gasteiger partial charge in [0.2, 0.25) is 0 Å². The van der Waals surface area contributed by atoms with Crippen LogP contribution in [0.3, 0.4) is 0 Å². The lowest BCUT2D eigenvalue weighted by Gasteiger charge is -2.24. The molecule has 1 heterocycles. The quantitative estimate of drug-likeness (QED) is 0.840. The van der Waals surface area contributed by atoms with Crippen LogP contribution in [0.4, 0.5) is 0 Å². The lowest BCUT2D eigenvalue weighted by molar-refractivity contribution is -0.124. The molecule has 3 nitrogen and oxygen atoms in total. The molecule has 1 aromatic heterocycles. The van der Waals surface area contributed by atoms with Crippen LogP contribution in [0.25, 0.3) is 5.69 Å². The molecule has 0 unspecified atom stereocenters. The summed E-state index contributed by atoms with van der Waals surface area (Å²) in [5.74, 6) is 0.734. The second-order valence-corrected chi connectivity index (χ2v) is 5.35. The van der Waals surface area contributed by atoms with Crippen molar-refractivity contribution in [2.24, 2.45) is 5.92 Å². The molecule has 0 aliphatic heterocycles. The van der Waals surface area contributed by atoms with Crippen molar-refractivity contribution in [2.45, 2.75) is 32.6 Å². The molecule has 19 heavy (non-hydrogen) atoms. The minimum absolute atomic E-state index is 0.327. The van der Waals surface area contributed by atoms with Crippen molar-refractivity contribution in [3.8, 4) is 5.69 Å². The summed E-state index contributed by atoms with van der Waals surface area (Å²) >= 11 is 0. The molecular weight excluding hydrogens is 236 g/mol. The van der Waals surface area contributed by atoms with Gasteiger partial charge in [-0.1, -0.05) is 12.5 Å². The highest BCUT2D eigenvalue weighted by Gasteiger charge is 2.25. The fourth-order valence-electron chi connectivity index (χ4n) is 2.51. The highest BCUT2D eigenvalue weighted by molar-refractivity contribution is 5.84. The van der Waals surface area contributed by atoms with E-state index in [-0.39, 0.29) is 0 Å². The van der Waals surface area contributed by atoms with E-state index in [4.69, 9.17) is 0 Å². The van der Waals surface area contributed by atoms with E-state index in [1.54, 1.807) is 12.5 Å². The van der Waals surface area contributed by atoms with Gasteiger partial charge < -0.3 is 4.57 Å². The Morgan fingerprint density at radius 1 is 1.42 bits per heavy atom. The van der Waals surface area contributed by atoms with Crippen LogP contribution in [0, 0.1) is 12.8 Å². The Hall–Kier alpha value is -1.90. The minimum atomic E-state index is 0.327. The van der Waals surface area contributed by atoms with Crippen molar-refractivity contribution in [1.82, 2.24) is 9.55 Å². The Kier molecular flexibility index (Phi) is 3.20. The molecule has 0 spiro atoms. The molecule has 1 fully saturated rings. The van der Waals surface area contributed by atoms with Crippen molar-refractivity contribution in [2.75, 3.05) is 0 Å². The molecule has 0 atom stereocenters. The van der Waals surface area contributed by atoms with Crippen molar-refractivity contribution in [3.63, 3.8) is 0 Å². The molecule has 0 radical (unpaired) electrons. The first-order chi connectivity index (χ1) is 9.24. The maximum Gasteiger partial charge on any atom is 0.140 e. The number of imidazole rings is 1. The number of carbonyl (C=O) groups excluding carboxylic acids is 1. The fourth-order valence-corrected chi connectivity index (χ4v) is 2.51. The van der Waals surface area contributed by atoms with Gasteiger partial charge in [0, 0.05) is 30.4 Å². The molecular formula is C16H18N2O. The third kappa shape index (κ3) is 2.46. The number of aromatic nitrogens is 2. The minimum Gasteiger partial charge on any atom is -0.306 e. The van der Waals surface area contributed by atoms with Crippen LogP contribution in [-0.4, -0.2) is 15.3 Å². The van der Waals surface area contributed by atoms with Crippen LogP contribution in [-0.2, 0) is 11.2 Å². The largest absolute Gasteiger partial charge is 0.306 e. The van der Waals surface area contributed by atoms with Gasteiger partial charge >= 0.3 is 0 Å². The first-order valence-corrected chi connectivity index (χ1v) is 6.84. The average molecular weight is 254 g/mol. The van der Waals surface area contributed by atoms with E-state index in [1.165, 1.54) is 12.0 Å². The first kappa shape index (κ1) is 12.2. The lowest BCUT2D eigenvalue weighted by atomic mass is 9.80. The molecule has 3 heteroatoms. The predicted octanol–water partition coefficient (Wildman–Crippen LogP) is 3.09. The standard InChI is InChI=1S/C16H18N2O/c1-12-9-15(18-8-7-17-11-18)6-5-14(12)10-16(19)13-3-2-4-13/h5-9,11,13H,2-4,10H2,1H3. The van der Waals surface area contributed by atoms with E-state index in [2.05, 4.69) is 30.1 Å². The molecule has 1 aliphatic carbocycles. The molecule has 0 amide bonds. The third-order valence-corrected chi connectivity index (χ3v) is 4.05. The van der Waals surface area contributed by atoms with E-state index in [0.29, 0.717) is 18.1 Å². The molecule has 3 rings (SSSR count). The number of carbonyl (C=O) groups is 1. The number of Topliss-reactive ketones (excluding diaryl/α,β-unsaturated/α-hetero) is 1. The van der Waals surface area contributed by atoms with E-state index in [0.717, 1.165) is 24.1 Å². The van der Waals surface area contributed by atoms with Crippen LogP contribution in [0.5, 0.6) is 0 Å². The van der Waals surface area contributed by atoms with Gasteiger partial charge in [0.1, 0.15) is 5.78 Å². The number of nitrogens with zero attached hydrogens (tertiary/aromatic N) is 2. The summed E-state index contributed by atoms with van der Waals surface area (Å²) in [7, 11) is 0. The Morgan fingerprint density at radius 3 is 2.84 bits per heavy atom. The van der Waals surface area contributed by atoms with E-state index >= 15 is 0 Å². The van der Waals surface area contributed by atoms with Gasteiger partial charge in [-0.2, -0.15) is 0 Å². The summed E-state index contributed by atoms with van der Waals surface area (Å²) in [5.41, 5.74) is 3.43. The summed E-state index contributed by atoms with van der Waals surface area (Å²) in [6.45, 7) is 2.07. The Labute approximate surface area is 113 Å². The van der Waals surface area contributed by atoms with Crippen LogP contribution in [0.2, 0.25) is 0 Å². The smallest absolute Gasteiger partial charge is 0.140 e. The van der Waals surface area contributed by atoms with Gasteiger partial charge in [0.25, 0.3) is 0 Å². The number of benzene rings is 1. The molecule has 1 aliphatic rings. The number of hydrogen-bond acceptors (Lipinski definition) is 2. The predicted molar refractivity (Wildman–Crippen MR) is 74.4 cm³/mol. The summed E-state index contributed by atoms with van der Waals surface area (Å²) in [6.07, 6.45) is 9.46.